The molecule has 0 radical (unpaired) electrons. The van der Waals surface area contributed by atoms with Crippen molar-refractivity contribution in [3.8, 4) is 0 Å². The molecule has 0 saturated carbocycles. The van der Waals surface area contributed by atoms with E-state index in [1.54, 1.807) is 12.1 Å². The van der Waals surface area contributed by atoms with Gasteiger partial charge in [-0.2, -0.15) is 0 Å². The van der Waals surface area contributed by atoms with Crippen LogP contribution in [-0.2, 0) is 18.6 Å². The van der Waals surface area contributed by atoms with Crippen LogP contribution in [0.5, 0.6) is 0 Å². The number of amides is 2. The van der Waals surface area contributed by atoms with E-state index in [1.165, 1.54) is 17.9 Å². The molecule has 1 aromatic rings. The highest BCUT2D eigenvalue weighted by molar-refractivity contribution is 7.59. The van der Waals surface area contributed by atoms with E-state index in [4.69, 9.17) is 9.26 Å². The van der Waals surface area contributed by atoms with E-state index in [0.29, 0.717) is 43.4 Å². The van der Waals surface area contributed by atoms with E-state index >= 15 is 0 Å². The second-order valence-corrected chi connectivity index (χ2v) is 9.64. The summed E-state index contributed by atoms with van der Waals surface area (Å²) < 4.78 is 37.8. The van der Waals surface area contributed by atoms with Crippen molar-refractivity contribution in [2.75, 3.05) is 54.9 Å². The van der Waals surface area contributed by atoms with Gasteiger partial charge in [-0.3, -0.25) is 14.3 Å². The fourth-order valence-electron chi connectivity index (χ4n) is 3.39. The largest absolute Gasteiger partial charge is 0.442 e. The SMILES string of the molecule is CCOP1(=O)CCN(c2ccc(N3C[C@H](CNC(C)=O)OC3=O)cc2F)CC1. The van der Waals surface area contributed by atoms with Crippen LogP contribution in [0.4, 0.5) is 20.6 Å². The Bertz CT molecular complexity index is 793. The molecule has 2 amide bonds. The second-order valence-electron chi connectivity index (χ2n) is 6.86. The molecule has 2 fully saturated rings. The standard InChI is InChI=1S/C18H25FN3O5P/c1-3-26-28(25)8-6-21(7-9-28)17-5-4-14(10-16(17)19)22-12-15(27-18(22)24)11-20-13(2)23/h4-5,10,15H,3,6-9,11-12H2,1-2H3,(H,20,23)/t15-/m0/s1. The molecule has 3 rings (SSSR count). The zero-order valence-corrected chi connectivity index (χ0v) is 16.9. The summed E-state index contributed by atoms with van der Waals surface area (Å²) in [4.78, 5) is 26.3. The average molecular weight is 413 g/mol. The summed E-state index contributed by atoms with van der Waals surface area (Å²) in [5, 5.41) is 2.60. The van der Waals surface area contributed by atoms with Crippen molar-refractivity contribution in [1.29, 1.82) is 0 Å². The zero-order valence-electron chi connectivity index (χ0n) is 16.0. The van der Waals surface area contributed by atoms with Crippen LogP contribution >= 0.6 is 7.37 Å². The highest BCUT2D eigenvalue weighted by atomic mass is 31.2. The Balaban J connectivity index is 1.65. The van der Waals surface area contributed by atoms with E-state index in [-0.39, 0.29) is 19.0 Å². The number of ether oxygens (including phenoxy) is 1. The van der Waals surface area contributed by atoms with E-state index in [9.17, 15) is 18.5 Å². The van der Waals surface area contributed by atoms with Gasteiger partial charge < -0.3 is 19.5 Å². The maximum absolute atomic E-state index is 14.7. The Morgan fingerprint density at radius 2 is 2.11 bits per heavy atom. The molecular weight excluding hydrogens is 388 g/mol. The van der Waals surface area contributed by atoms with Crippen molar-refractivity contribution in [2.24, 2.45) is 0 Å². The third-order valence-corrected chi connectivity index (χ3v) is 7.31. The molecule has 1 N–H and O–H groups in total. The van der Waals surface area contributed by atoms with Gasteiger partial charge in [0, 0.05) is 32.3 Å². The normalized spacial score (nSPS) is 21.5. The third-order valence-electron chi connectivity index (χ3n) is 4.82. The number of carbonyl (C=O) groups excluding carboxylic acids is 2. The van der Waals surface area contributed by atoms with E-state index in [0.717, 1.165) is 0 Å². The topological polar surface area (TPSA) is 88.2 Å². The first-order valence-corrected chi connectivity index (χ1v) is 11.3. The molecule has 0 aromatic heterocycles. The molecule has 2 aliphatic heterocycles. The first-order chi connectivity index (χ1) is 13.3. The van der Waals surface area contributed by atoms with Crippen LogP contribution in [0.15, 0.2) is 18.2 Å². The quantitative estimate of drug-likeness (QED) is 0.721. The molecule has 1 aromatic carbocycles. The number of halogens is 1. The summed E-state index contributed by atoms with van der Waals surface area (Å²) in [6.07, 6.45) is -0.261. The molecule has 0 spiro atoms. The van der Waals surface area contributed by atoms with E-state index in [2.05, 4.69) is 5.32 Å². The molecule has 1 atom stereocenters. The Kier molecular flexibility index (Phi) is 6.25. The maximum Gasteiger partial charge on any atom is 0.414 e. The molecule has 2 saturated heterocycles. The van der Waals surface area contributed by atoms with Gasteiger partial charge in [-0.05, 0) is 25.1 Å². The molecule has 28 heavy (non-hydrogen) atoms. The number of nitrogens with zero attached hydrogens (tertiary/aromatic N) is 2. The van der Waals surface area contributed by atoms with Crippen molar-refractivity contribution in [3.63, 3.8) is 0 Å². The minimum absolute atomic E-state index is 0.208. The minimum Gasteiger partial charge on any atom is -0.442 e. The minimum atomic E-state index is -2.61. The van der Waals surface area contributed by atoms with Crippen LogP contribution in [-0.4, -0.2) is 63.2 Å². The van der Waals surface area contributed by atoms with Crippen molar-refractivity contribution in [1.82, 2.24) is 5.32 Å². The Hall–Kier alpha value is -2.12. The first kappa shape index (κ1) is 20.6. The lowest BCUT2D eigenvalue weighted by Gasteiger charge is -2.33. The molecule has 0 unspecified atom stereocenters. The highest BCUT2D eigenvalue weighted by Gasteiger charge is 2.34. The number of anilines is 2. The summed E-state index contributed by atoms with van der Waals surface area (Å²) >= 11 is 0. The zero-order chi connectivity index (χ0) is 20.3. The summed E-state index contributed by atoms with van der Waals surface area (Å²) in [6.45, 7) is 4.97. The fourth-order valence-corrected chi connectivity index (χ4v) is 5.44. The van der Waals surface area contributed by atoms with Gasteiger partial charge in [0.15, 0.2) is 0 Å². The number of hydrogen-bond donors (Lipinski definition) is 1. The van der Waals surface area contributed by atoms with Gasteiger partial charge in [-0.25, -0.2) is 9.18 Å². The number of hydrogen-bond acceptors (Lipinski definition) is 6. The van der Waals surface area contributed by atoms with Crippen LogP contribution in [0.25, 0.3) is 0 Å². The van der Waals surface area contributed by atoms with Crippen LogP contribution in [0.3, 0.4) is 0 Å². The number of cyclic esters (lactones) is 1. The molecule has 0 aliphatic carbocycles. The van der Waals surface area contributed by atoms with Gasteiger partial charge in [0.25, 0.3) is 0 Å². The average Bonchev–Trinajstić information content (AvgIpc) is 3.02. The van der Waals surface area contributed by atoms with Gasteiger partial charge in [0.1, 0.15) is 11.9 Å². The van der Waals surface area contributed by atoms with Crippen LogP contribution in [0.1, 0.15) is 13.8 Å². The lowest BCUT2D eigenvalue weighted by molar-refractivity contribution is -0.119. The van der Waals surface area contributed by atoms with Gasteiger partial charge in [-0.1, -0.05) is 0 Å². The Morgan fingerprint density at radius 3 is 2.71 bits per heavy atom. The molecule has 154 valence electrons. The van der Waals surface area contributed by atoms with Crippen LogP contribution in [0.2, 0.25) is 0 Å². The third kappa shape index (κ3) is 4.64. The van der Waals surface area contributed by atoms with Crippen LogP contribution in [0, 0.1) is 5.82 Å². The van der Waals surface area contributed by atoms with Crippen molar-refractivity contribution < 1.29 is 27.8 Å². The monoisotopic (exact) mass is 413 g/mol. The van der Waals surface area contributed by atoms with Crippen molar-refractivity contribution in [2.45, 2.75) is 20.0 Å². The first-order valence-electron chi connectivity index (χ1n) is 9.31. The summed E-state index contributed by atoms with van der Waals surface area (Å²) in [5.41, 5.74) is 0.808. The van der Waals surface area contributed by atoms with E-state index in [1.807, 2.05) is 11.8 Å². The Labute approximate surface area is 163 Å². The van der Waals surface area contributed by atoms with Gasteiger partial charge >= 0.3 is 6.09 Å². The lowest BCUT2D eigenvalue weighted by Crippen LogP contribution is -2.36. The predicted molar refractivity (Wildman–Crippen MR) is 104 cm³/mol. The maximum atomic E-state index is 14.7. The molecular formula is C18H25FN3O5P. The van der Waals surface area contributed by atoms with Gasteiger partial charge in [-0.15, -0.1) is 0 Å². The molecule has 8 nitrogen and oxygen atoms in total. The summed E-state index contributed by atoms with van der Waals surface area (Å²) in [5.74, 6) is -0.663. The summed E-state index contributed by atoms with van der Waals surface area (Å²) in [6, 6.07) is 4.58. The molecule has 2 heterocycles. The highest BCUT2D eigenvalue weighted by Crippen LogP contribution is 2.49. The van der Waals surface area contributed by atoms with Crippen molar-refractivity contribution >= 4 is 30.7 Å². The number of nitrogens with one attached hydrogen (secondary N) is 1. The Morgan fingerprint density at radius 1 is 1.39 bits per heavy atom. The number of carbonyl (C=O) groups is 2. The van der Waals surface area contributed by atoms with Crippen LogP contribution < -0.4 is 15.1 Å². The summed E-state index contributed by atoms with van der Waals surface area (Å²) in [7, 11) is -2.61. The van der Waals surface area contributed by atoms with Gasteiger partial charge in [0.2, 0.25) is 13.3 Å². The number of rotatable bonds is 6. The number of benzene rings is 1. The molecule has 10 heteroatoms. The lowest BCUT2D eigenvalue weighted by atomic mass is 10.2. The molecule has 2 aliphatic rings. The molecule has 0 bridgehead atoms. The second kappa shape index (κ2) is 8.49. The van der Waals surface area contributed by atoms with E-state index < -0.39 is 25.4 Å². The smallest absolute Gasteiger partial charge is 0.414 e. The predicted octanol–water partition coefficient (Wildman–Crippen LogP) is 2.42. The van der Waals surface area contributed by atoms with Crippen molar-refractivity contribution in [3.05, 3.63) is 24.0 Å². The van der Waals surface area contributed by atoms with Gasteiger partial charge in [0.05, 0.1) is 31.1 Å². The fraction of sp³-hybridized carbons (Fsp3) is 0.556.